The fourth-order valence-electron chi connectivity index (χ4n) is 3.77. The van der Waals surface area contributed by atoms with Crippen LogP contribution in [0.2, 0.25) is 5.02 Å². The highest BCUT2D eigenvalue weighted by Gasteiger charge is 2.36. The van der Waals surface area contributed by atoms with E-state index in [0.717, 1.165) is 12.1 Å². The number of alkyl halides is 3. The second-order valence-corrected chi connectivity index (χ2v) is 8.50. The van der Waals surface area contributed by atoms with E-state index in [4.69, 9.17) is 22.2 Å². The Labute approximate surface area is 226 Å². The summed E-state index contributed by atoms with van der Waals surface area (Å²) in [6.07, 6.45) is -4.77. The Balaban J connectivity index is 0.00000400. The number of aromatic nitrogens is 2. The predicted octanol–water partition coefficient (Wildman–Crippen LogP) is 5.88. The molecular formula is C25H22Cl2F3N5O3. The summed E-state index contributed by atoms with van der Waals surface area (Å²) in [5, 5.41) is 3.76. The summed E-state index contributed by atoms with van der Waals surface area (Å²) >= 11 is 6.16. The molecule has 0 spiro atoms. The summed E-state index contributed by atoms with van der Waals surface area (Å²) < 4.78 is 45.6. The number of amides is 2. The van der Waals surface area contributed by atoms with Gasteiger partial charge in [-0.3, -0.25) is 9.59 Å². The molecular weight excluding hydrogens is 546 g/mol. The first-order chi connectivity index (χ1) is 17.5. The lowest BCUT2D eigenvalue weighted by Crippen LogP contribution is -2.38. The number of nitrogens with two attached hydrogens (primary N) is 1. The molecule has 3 aromatic carbocycles. The van der Waals surface area contributed by atoms with Crippen molar-refractivity contribution in [2.45, 2.75) is 19.7 Å². The third-order valence-electron chi connectivity index (χ3n) is 5.62. The van der Waals surface area contributed by atoms with Gasteiger partial charge in [-0.15, -0.1) is 12.4 Å². The fourth-order valence-corrected chi connectivity index (χ4v) is 3.94. The van der Waals surface area contributed by atoms with Crippen LogP contribution in [-0.2, 0) is 17.5 Å². The molecule has 8 nitrogen and oxygen atoms in total. The minimum Gasteiger partial charge on any atom is -0.377 e. The monoisotopic (exact) mass is 567 g/mol. The average molecular weight is 568 g/mol. The summed E-state index contributed by atoms with van der Waals surface area (Å²) in [4.78, 5) is 33.7. The van der Waals surface area contributed by atoms with E-state index in [1.165, 1.54) is 31.4 Å². The molecule has 4 rings (SSSR count). The average Bonchev–Trinajstić information content (AvgIpc) is 3.27. The highest BCUT2D eigenvalue weighted by Crippen LogP contribution is 2.33. The SMILES string of the molecule is COCc1nc2c(C(=O)Nc3cccc(Cl)c3C)cc(N(N)C(=O)c3ccccc3C(F)(F)F)cc2[nH]1.Cl. The van der Waals surface area contributed by atoms with Crippen LogP contribution in [0.1, 0.15) is 37.7 Å². The van der Waals surface area contributed by atoms with E-state index < -0.39 is 29.1 Å². The number of halogens is 5. The number of anilines is 2. The van der Waals surface area contributed by atoms with Gasteiger partial charge >= 0.3 is 6.18 Å². The van der Waals surface area contributed by atoms with E-state index in [1.807, 2.05) is 0 Å². The number of rotatable bonds is 6. The van der Waals surface area contributed by atoms with Crippen LogP contribution >= 0.6 is 24.0 Å². The van der Waals surface area contributed by atoms with Crippen LogP contribution in [0.25, 0.3) is 11.0 Å². The number of carbonyl (C=O) groups is 2. The topological polar surface area (TPSA) is 113 Å². The van der Waals surface area contributed by atoms with Crippen molar-refractivity contribution in [2.24, 2.45) is 5.84 Å². The van der Waals surface area contributed by atoms with Gasteiger partial charge in [0.1, 0.15) is 17.9 Å². The number of hydrogen-bond donors (Lipinski definition) is 3. The van der Waals surface area contributed by atoms with Crippen molar-refractivity contribution in [1.82, 2.24) is 9.97 Å². The van der Waals surface area contributed by atoms with Gasteiger partial charge < -0.3 is 15.0 Å². The lowest BCUT2D eigenvalue weighted by molar-refractivity contribution is -0.137. The molecule has 0 aliphatic carbocycles. The summed E-state index contributed by atoms with van der Waals surface area (Å²) in [5.41, 5.74) is -0.116. The molecule has 0 saturated heterocycles. The van der Waals surface area contributed by atoms with Crippen LogP contribution in [0.15, 0.2) is 54.6 Å². The summed E-state index contributed by atoms with van der Waals surface area (Å²) in [5.74, 6) is 4.70. The quantitative estimate of drug-likeness (QED) is 0.153. The van der Waals surface area contributed by atoms with Gasteiger partial charge in [-0.2, -0.15) is 13.2 Å². The maximum Gasteiger partial charge on any atom is 0.417 e. The lowest BCUT2D eigenvalue weighted by Gasteiger charge is -2.20. The van der Waals surface area contributed by atoms with Crippen molar-refractivity contribution < 1.29 is 27.5 Å². The largest absolute Gasteiger partial charge is 0.417 e. The second kappa shape index (κ2) is 11.4. The van der Waals surface area contributed by atoms with Crippen molar-refractivity contribution in [3.05, 3.63) is 87.7 Å². The van der Waals surface area contributed by atoms with Gasteiger partial charge in [0.05, 0.1) is 27.9 Å². The summed E-state index contributed by atoms with van der Waals surface area (Å²) in [7, 11) is 1.46. The minimum absolute atomic E-state index is 0. The lowest BCUT2D eigenvalue weighted by atomic mass is 10.1. The Morgan fingerprint density at radius 3 is 2.53 bits per heavy atom. The number of aromatic amines is 1. The van der Waals surface area contributed by atoms with E-state index >= 15 is 0 Å². The molecule has 0 atom stereocenters. The zero-order valence-corrected chi connectivity index (χ0v) is 21.6. The third kappa shape index (κ3) is 5.76. The number of carbonyl (C=O) groups excluding carboxylic acids is 2. The molecule has 0 aliphatic rings. The number of benzene rings is 3. The van der Waals surface area contributed by atoms with Crippen molar-refractivity contribution in [3.8, 4) is 0 Å². The maximum atomic E-state index is 13.5. The normalized spacial score (nSPS) is 11.2. The van der Waals surface area contributed by atoms with Gasteiger partial charge in [-0.1, -0.05) is 29.8 Å². The van der Waals surface area contributed by atoms with Gasteiger partial charge in [0.2, 0.25) is 0 Å². The molecule has 4 N–H and O–H groups in total. The smallest absolute Gasteiger partial charge is 0.377 e. The highest BCUT2D eigenvalue weighted by atomic mass is 35.5. The highest BCUT2D eigenvalue weighted by molar-refractivity contribution is 6.31. The van der Waals surface area contributed by atoms with Crippen LogP contribution in [-0.4, -0.2) is 28.9 Å². The molecule has 1 aromatic heterocycles. The number of hydrogen-bond acceptors (Lipinski definition) is 5. The summed E-state index contributed by atoms with van der Waals surface area (Å²) in [6, 6.07) is 12.0. The third-order valence-corrected chi connectivity index (χ3v) is 6.03. The molecule has 13 heteroatoms. The van der Waals surface area contributed by atoms with Crippen LogP contribution in [0.5, 0.6) is 0 Å². The van der Waals surface area contributed by atoms with Crippen molar-refractivity contribution >= 4 is 58.2 Å². The molecule has 0 unspecified atom stereocenters. The molecule has 4 aromatic rings. The Bertz CT molecular complexity index is 1510. The van der Waals surface area contributed by atoms with Gasteiger partial charge in [0.25, 0.3) is 11.8 Å². The molecule has 0 aliphatic heterocycles. The predicted molar refractivity (Wildman–Crippen MR) is 141 cm³/mol. The molecule has 0 fully saturated rings. The maximum absolute atomic E-state index is 13.5. The number of imidazole rings is 1. The van der Waals surface area contributed by atoms with Gasteiger partial charge in [0, 0.05) is 17.8 Å². The van der Waals surface area contributed by atoms with E-state index in [9.17, 15) is 22.8 Å². The standard InChI is InChI=1S/C25H21ClF3N5O3.ClH/c1-13-18(26)8-5-9-19(13)32-23(35)16-10-14(11-20-22(16)33-21(31-20)12-37-2)34(30)24(36)15-6-3-4-7-17(15)25(27,28)29;/h3-11H,12,30H2,1-2H3,(H,31,33)(H,32,35);1H. The minimum atomic E-state index is -4.77. The number of nitrogens with one attached hydrogen (secondary N) is 2. The number of ether oxygens (including phenoxy) is 1. The number of H-pyrrole nitrogens is 1. The first-order valence-electron chi connectivity index (χ1n) is 10.8. The van der Waals surface area contributed by atoms with Crippen molar-refractivity contribution in [1.29, 1.82) is 0 Å². The number of fused-ring (bicyclic) bond motifs is 1. The number of hydrazine groups is 1. The van der Waals surface area contributed by atoms with Gasteiger partial charge in [-0.25, -0.2) is 15.8 Å². The van der Waals surface area contributed by atoms with Crippen LogP contribution in [0.4, 0.5) is 24.5 Å². The van der Waals surface area contributed by atoms with E-state index in [0.29, 0.717) is 32.6 Å². The molecule has 0 saturated carbocycles. The molecule has 200 valence electrons. The zero-order valence-electron chi connectivity index (χ0n) is 20.0. The van der Waals surface area contributed by atoms with Gasteiger partial charge in [0.15, 0.2) is 0 Å². The molecule has 0 bridgehead atoms. The van der Waals surface area contributed by atoms with E-state index in [1.54, 1.807) is 25.1 Å². The Hall–Kier alpha value is -3.64. The molecule has 0 radical (unpaired) electrons. The second-order valence-electron chi connectivity index (χ2n) is 8.09. The molecule has 1 heterocycles. The van der Waals surface area contributed by atoms with Crippen LogP contribution < -0.4 is 16.2 Å². The Kier molecular flexibility index (Phi) is 8.68. The fraction of sp³-hybridized carbons (Fsp3) is 0.160. The van der Waals surface area contributed by atoms with Crippen LogP contribution in [0, 0.1) is 6.92 Å². The van der Waals surface area contributed by atoms with Crippen molar-refractivity contribution in [2.75, 3.05) is 17.4 Å². The molecule has 38 heavy (non-hydrogen) atoms. The number of methoxy groups -OCH3 is 1. The Morgan fingerprint density at radius 1 is 1.13 bits per heavy atom. The van der Waals surface area contributed by atoms with Crippen LogP contribution in [0.3, 0.4) is 0 Å². The number of nitrogens with zero attached hydrogens (tertiary/aromatic N) is 2. The van der Waals surface area contributed by atoms with E-state index in [-0.39, 0.29) is 35.8 Å². The summed E-state index contributed by atoms with van der Waals surface area (Å²) in [6.45, 7) is 1.83. The zero-order chi connectivity index (χ0) is 26.9. The first-order valence-corrected chi connectivity index (χ1v) is 11.2. The Morgan fingerprint density at radius 2 is 1.84 bits per heavy atom. The van der Waals surface area contributed by atoms with E-state index in [2.05, 4.69) is 15.3 Å². The first kappa shape index (κ1) is 28.9. The molecule has 2 amide bonds. The van der Waals surface area contributed by atoms with Gasteiger partial charge in [-0.05, 0) is 48.9 Å². The van der Waals surface area contributed by atoms with Crippen molar-refractivity contribution in [3.63, 3.8) is 0 Å².